The molecule has 12 heteroatoms. The molecule has 8 nitrogen and oxygen atoms in total. The van der Waals surface area contributed by atoms with E-state index >= 15 is 0 Å². The quantitative estimate of drug-likeness (QED) is 0.120. The van der Waals surface area contributed by atoms with E-state index in [1.165, 1.54) is 0 Å². The predicted octanol–water partition coefficient (Wildman–Crippen LogP) is -4.44. The van der Waals surface area contributed by atoms with E-state index in [9.17, 15) is 38.3 Å². The van der Waals surface area contributed by atoms with Crippen LogP contribution in [0.4, 0.5) is 0 Å². The minimum atomic E-state index is -5.05. The van der Waals surface area contributed by atoms with Gasteiger partial charge in [-0.3, -0.25) is 9.59 Å². The molecule has 0 radical (unpaired) electrons. The Balaban J connectivity index is -0.000000521. The number of carbonyl (C=O) groups excluding carboxylic acids is 2. The van der Waals surface area contributed by atoms with Crippen molar-refractivity contribution in [1.82, 2.24) is 0 Å². The second-order valence-corrected chi connectivity index (χ2v) is 9.51. The summed E-state index contributed by atoms with van der Waals surface area (Å²) in [6, 6.07) is 0. The molecule has 0 aliphatic rings. The molecule has 0 saturated carbocycles. The third kappa shape index (κ3) is 20.9. The van der Waals surface area contributed by atoms with Crippen LogP contribution in [0.25, 0.3) is 0 Å². The number of hydrogen-bond acceptors (Lipinski definition) is 8. The molecule has 0 bridgehead atoms. The molecule has 0 unspecified atom stereocenters. The molecule has 0 aromatic heterocycles. The van der Waals surface area contributed by atoms with E-state index < -0.39 is 26.2 Å². The monoisotopic (exact) mass is 458 g/mol. The van der Waals surface area contributed by atoms with Crippen LogP contribution in [0.1, 0.15) is 92.7 Å². The van der Waals surface area contributed by atoms with Gasteiger partial charge in [0.05, 0.1) is 0 Å². The van der Waals surface area contributed by atoms with Crippen LogP contribution in [0.3, 0.4) is 0 Å². The van der Waals surface area contributed by atoms with Gasteiger partial charge in [-0.25, -0.2) is 0 Å². The molecule has 0 aromatic carbocycles. The third-order valence-corrected chi connectivity index (χ3v) is 5.81. The van der Waals surface area contributed by atoms with E-state index in [1.807, 2.05) is 0 Å². The zero-order valence-electron chi connectivity index (χ0n) is 19.1. The number of rotatable bonds is 17. The van der Waals surface area contributed by atoms with Gasteiger partial charge in [-0.2, -0.15) is 0 Å². The predicted molar refractivity (Wildman–Crippen MR) is 92.1 cm³/mol. The number of carbonyl (C=O) groups is 2. The van der Waals surface area contributed by atoms with Crippen molar-refractivity contribution in [3.05, 3.63) is 0 Å². The minimum Gasteiger partial charge on any atom is -0.805 e. The van der Waals surface area contributed by atoms with Crippen LogP contribution in [0.2, 0.25) is 0 Å². The van der Waals surface area contributed by atoms with Crippen molar-refractivity contribution < 1.29 is 100 Å². The van der Waals surface area contributed by atoms with E-state index in [2.05, 4.69) is 0 Å². The van der Waals surface area contributed by atoms with Crippen LogP contribution in [0, 0.1) is 0 Å². The summed E-state index contributed by atoms with van der Waals surface area (Å²) in [5.41, 5.74) is -2.39. The largest absolute Gasteiger partial charge is 1.00 e. The Hall–Kier alpha value is 1.64. The van der Waals surface area contributed by atoms with Crippen LogP contribution >= 0.6 is 15.2 Å². The summed E-state index contributed by atoms with van der Waals surface area (Å²) in [6.07, 6.45) is 10.1. The van der Waals surface area contributed by atoms with Crippen LogP contribution in [0.15, 0.2) is 0 Å². The van der Waals surface area contributed by atoms with Crippen LogP contribution < -0.4 is 78.7 Å². The van der Waals surface area contributed by atoms with Gasteiger partial charge in [-0.05, 0) is 12.8 Å². The maximum Gasteiger partial charge on any atom is 1.00 e. The summed E-state index contributed by atoms with van der Waals surface area (Å²) >= 11 is 0. The molecule has 0 atom stereocenters. The summed E-state index contributed by atoms with van der Waals surface area (Å²) in [5.74, 6) is 0. The smallest absolute Gasteiger partial charge is 0.805 e. The first-order chi connectivity index (χ1) is 12.0. The Morgan fingerprint density at radius 1 is 0.500 bits per heavy atom. The van der Waals surface area contributed by atoms with Gasteiger partial charge >= 0.3 is 62.0 Å². The molecule has 28 heavy (non-hydrogen) atoms. The van der Waals surface area contributed by atoms with Gasteiger partial charge in [0.2, 0.25) is 0 Å². The fourth-order valence-corrected chi connectivity index (χ4v) is 3.46. The Kier molecular flexibility index (Phi) is 23.7. The SMILES string of the molecule is O=C(CCCCCCCCCCCCCCC(=O)P(=O)([O-])[O-])P(=O)([O-])[O-].[H+].[H+].[Na+].[Na+]. The average Bonchev–Trinajstić information content (AvgIpc) is 2.52. The van der Waals surface area contributed by atoms with Gasteiger partial charge < -0.3 is 28.7 Å². The molecule has 0 rings (SSSR count). The average molecular weight is 458 g/mol. The van der Waals surface area contributed by atoms with E-state index in [0.717, 1.165) is 64.2 Å². The Bertz CT molecular complexity index is 483. The zero-order chi connectivity index (χ0) is 20.1. The molecule has 0 heterocycles. The molecule has 154 valence electrons. The minimum absolute atomic E-state index is 0. The van der Waals surface area contributed by atoms with Crippen molar-refractivity contribution in [2.45, 2.75) is 89.9 Å². The second-order valence-electron chi connectivity index (χ2n) is 6.53. The molecule has 0 N–H and O–H groups in total. The standard InChI is InChI=1S/C16H32O8P2.2Na/c17-15(25(19,20)21)13-11-9-7-5-3-1-2-4-6-8-10-12-14-16(18)26(22,23)24;;/h1-14H2,(H2,19,20,21)(H2,22,23,24);;/q;2*+1/p-2. The summed E-state index contributed by atoms with van der Waals surface area (Å²) in [5, 5.41) is 0. The van der Waals surface area contributed by atoms with Crippen molar-refractivity contribution in [2.75, 3.05) is 0 Å². The van der Waals surface area contributed by atoms with E-state index in [-0.39, 0.29) is 74.8 Å². The number of unbranched alkanes of at least 4 members (excludes halogenated alkanes) is 11. The van der Waals surface area contributed by atoms with E-state index in [4.69, 9.17) is 0 Å². The second kappa shape index (κ2) is 19.3. The third-order valence-electron chi connectivity index (χ3n) is 4.14. The molecular formula is C16H30Na2O8P2. The molecule has 0 fully saturated rings. The summed E-state index contributed by atoms with van der Waals surface area (Å²) in [7, 11) is -10.1. The first kappa shape index (κ1) is 34.3. The first-order valence-electron chi connectivity index (χ1n) is 9.16. The van der Waals surface area contributed by atoms with Gasteiger partial charge in [0, 0.05) is 28.0 Å². The van der Waals surface area contributed by atoms with Crippen molar-refractivity contribution >= 4 is 26.2 Å². The summed E-state index contributed by atoms with van der Waals surface area (Å²) in [4.78, 5) is 63.5. The molecule has 0 aliphatic carbocycles. The maximum atomic E-state index is 10.9. The van der Waals surface area contributed by atoms with E-state index in [0.29, 0.717) is 12.8 Å². The van der Waals surface area contributed by atoms with Crippen molar-refractivity contribution in [2.24, 2.45) is 0 Å². The van der Waals surface area contributed by atoms with Crippen LogP contribution in [-0.4, -0.2) is 11.0 Å². The Labute approximate surface area is 214 Å². The summed E-state index contributed by atoms with van der Waals surface area (Å²) in [6.45, 7) is 0. The first-order valence-corrected chi connectivity index (χ1v) is 12.2. The van der Waals surface area contributed by atoms with Crippen molar-refractivity contribution in [1.29, 1.82) is 0 Å². The molecular weight excluding hydrogens is 428 g/mol. The Morgan fingerprint density at radius 3 is 0.857 bits per heavy atom. The Morgan fingerprint density at radius 2 is 0.679 bits per heavy atom. The van der Waals surface area contributed by atoms with Gasteiger partial charge in [0.15, 0.2) is 11.0 Å². The molecule has 0 aliphatic heterocycles. The van der Waals surface area contributed by atoms with Crippen LogP contribution in [0.5, 0.6) is 0 Å². The fourth-order valence-electron chi connectivity index (χ4n) is 2.59. The molecule has 0 spiro atoms. The summed E-state index contributed by atoms with van der Waals surface area (Å²) < 4.78 is 20.8. The van der Waals surface area contributed by atoms with Gasteiger partial charge in [-0.1, -0.05) is 64.2 Å². The van der Waals surface area contributed by atoms with Crippen LogP contribution in [-0.2, 0) is 18.7 Å². The topological polar surface area (TPSA) is 161 Å². The zero-order valence-corrected chi connectivity index (χ0v) is 22.8. The van der Waals surface area contributed by atoms with Crippen molar-refractivity contribution in [3.63, 3.8) is 0 Å². The molecule has 0 aromatic rings. The normalized spacial score (nSPS) is 11.4. The van der Waals surface area contributed by atoms with E-state index in [1.54, 1.807) is 0 Å². The fraction of sp³-hybridized carbons (Fsp3) is 0.875. The maximum absolute atomic E-state index is 10.9. The molecule has 0 amide bonds. The van der Waals surface area contributed by atoms with Gasteiger partial charge in [-0.15, -0.1) is 0 Å². The molecule has 0 saturated heterocycles. The van der Waals surface area contributed by atoms with Crippen molar-refractivity contribution in [3.8, 4) is 0 Å². The van der Waals surface area contributed by atoms with Gasteiger partial charge in [0.25, 0.3) is 0 Å². The number of hydrogen-bond donors (Lipinski definition) is 0. The van der Waals surface area contributed by atoms with Gasteiger partial charge in [0.1, 0.15) is 0 Å².